The van der Waals surface area contributed by atoms with Gasteiger partial charge in [-0.2, -0.15) is 13.2 Å². The molecule has 2 aliphatic rings. The lowest BCUT2D eigenvalue weighted by molar-refractivity contribution is -0.146. The molecule has 2 saturated heterocycles. The quantitative estimate of drug-likeness (QED) is 0.399. The van der Waals surface area contributed by atoms with Gasteiger partial charge in [0.15, 0.2) is 0 Å². The van der Waals surface area contributed by atoms with E-state index in [4.69, 9.17) is 0 Å². The van der Waals surface area contributed by atoms with Gasteiger partial charge in [0.2, 0.25) is 11.8 Å². The van der Waals surface area contributed by atoms with Crippen molar-refractivity contribution in [1.82, 2.24) is 14.7 Å². The zero-order valence-electron chi connectivity index (χ0n) is 22.0. The van der Waals surface area contributed by atoms with Crippen molar-refractivity contribution < 1.29 is 27.2 Å². The highest BCUT2D eigenvalue weighted by atomic mass is 19.4. The molecule has 210 valence electrons. The lowest BCUT2D eigenvalue weighted by Gasteiger charge is -2.43. The number of halogens is 4. The van der Waals surface area contributed by atoms with Crippen molar-refractivity contribution in [1.29, 1.82) is 0 Å². The van der Waals surface area contributed by atoms with Crippen LogP contribution in [0.25, 0.3) is 0 Å². The van der Waals surface area contributed by atoms with Gasteiger partial charge >= 0.3 is 6.18 Å². The maximum absolute atomic E-state index is 14.1. The molecule has 2 heterocycles. The van der Waals surface area contributed by atoms with Crippen LogP contribution >= 0.6 is 0 Å². The molecular formula is C31H31F4N3O2. The maximum atomic E-state index is 14.1. The van der Waals surface area contributed by atoms with Crippen molar-refractivity contribution in [2.45, 2.75) is 31.0 Å². The average molecular weight is 554 g/mol. The number of carbonyl (C=O) groups excluding carboxylic acids is 2. The van der Waals surface area contributed by atoms with Crippen molar-refractivity contribution in [3.8, 4) is 0 Å². The minimum atomic E-state index is -4.75. The minimum absolute atomic E-state index is 0.0207. The Kier molecular flexibility index (Phi) is 7.94. The van der Waals surface area contributed by atoms with E-state index in [1.54, 1.807) is 9.80 Å². The Hall–Kier alpha value is -3.72. The second kappa shape index (κ2) is 11.4. The van der Waals surface area contributed by atoms with Crippen molar-refractivity contribution >= 4 is 11.8 Å². The Morgan fingerprint density at radius 2 is 1.43 bits per heavy atom. The van der Waals surface area contributed by atoms with Gasteiger partial charge in [-0.25, -0.2) is 4.39 Å². The number of rotatable bonds is 6. The van der Waals surface area contributed by atoms with E-state index in [0.29, 0.717) is 44.7 Å². The number of hydrogen-bond acceptors (Lipinski definition) is 3. The number of hydrogen-bond donors (Lipinski definition) is 0. The van der Waals surface area contributed by atoms with E-state index >= 15 is 0 Å². The van der Waals surface area contributed by atoms with Crippen molar-refractivity contribution in [3.63, 3.8) is 0 Å². The SMILES string of the molecule is O=C(CN1CCCC(c2ccccc2)(c2ccccc2)C1=O)N1CCN(Cc2ccc(F)c(C(F)(F)F)c2)CC1. The van der Waals surface area contributed by atoms with E-state index in [1.807, 2.05) is 65.6 Å². The zero-order valence-corrected chi connectivity index (χ0v) is 22.0. The minimum Gasteiger partial charge on any atom is -0.339 e. The van der Waals surface area contributed by atoms with Crippen LogP contribution in [0.5, 0.6) is 0 Å². The monoisotopic (exact) mass is 553 g/mol. The fourth-order valence-corrected chi connectivity index (χ4v) is 5.88. The molecule has 0 aliphatic carbocycles. The van der Waals surface area contributed by atoms with Gasteiger partial charge in [-0.1, -0.05) is 66.7 Å². The Morgan fingerprint density at radius 3 is 2.00 bits per heavy atom. The van der Waals surface area contributed by atoms with E-state index in [9.17, 15) is 27.2 Å². The molecule has 2 fully saturated rings. The maximum Gasteiger partial charge on any atom is 0.419 e. The summed E-state index contributed by atoms with van der Waals surface area (Å²) in [5.41, 5.74) is 0.0556. The third kappa shape index (κ3) is 5.61. The topological polar surface area (TPSA) is 43.9 Å². The van der Waals surface area contributed by atoms with Crippen LogP contribution in [0.15, 0.2) is 78.9 Å². The van der Waals surface area contributed by atoms with Gasteiger partial charge < -0.3 is 9.80 Å². The van der Waals surface area contributed by atoms with Gasteiger partial charge in [0.1, 0.15) is 5.82 Å². The van der Waals surface area contributed by atoms with Gasteiger partial charge in [0.25, 0.3) is 0 Å². The van der Waals surface area contributed by atoms with Gasteiger partial charge in [0.05, 0.1) is 17.5 Å². The molecule has 0 atom stereocenters. The summed E-state index contributed by atoms with van der Waals surface area (Å²) in [5, 5.41) is 0. The van der Waals surface area contributed by atoms with Gasteiger partial charge in [-0.05, 0) is 41.7 Å². The van der Waals surface area contributed by atoms with Crippen LogP contribution in [-0.2, 0) is 27.7 Å². The van der Waals surface area contributed by atoms with E-state index in [1.165, 1.54) is 6.07 Å². The van der Waals surface area contributed by atoms with Crippen molar-refractivity contribution in [2.75, 3.05) is 39.3 Å². The summed E-state index contributed by atoms with van der Waals surface area (Å²) < 4.78 is 52.9. The molecule has 0 saturated carbocycles. The number of carbonyl (C=O) groups is 2. The summed E-state index contributed by atoms with van der Waals surface area (Å²) in [6, 6.07) is 22.4. The molecule has 0 unspecified atom stereocenters. The lowest BCUT2D eigenvalue weighted by atomic mass is 9.68. The van der Waals surface area contributed by atoms with Crippen LogP contribution in [0.4, 0.5) is 17.6 Å². The third-order valence-corrected chi connectivity index (χ3v) is 7.96. The van der Waals surface area contributed by atoms with E-state index in [-0.39, 0.29) is 24.9 Å². The molecule has 0 aromatic heterocycles. The first-order valence-electron chi connectivity index (χ1n) is 13.4. The highest BCUT2D eigenvalue weighted by Gasteiger charge is 2.47. The summed E-state index contributed by atoms with van der Waals surface area (Å²) >= 11 is 0. The fraction of sp³-hybridized carbons (Fsp3) is 0.355. The molecule has 40 heavy (non-hydrogen) atoms. The number of piperazine rings is 1. The predicted octanol–water partition coefficient (Wildman–Crippen LogP) is 5.10. The van der Waals surface area contributed by atoms with E-state index in [0.717, 1.165) is 29.7 Å². The van der Waals surface area contributed by atoms with Gasteiger partial charge in [0, 0.05) is 39.3 Å². The highest BCUT2D eigenvalue weighted by Crippen LogP contribution is 2.41. The molecular weight excluding hydrogens is 522 g/mol. The summed E-state index contributed by atoms with van der Waals surface area (Å²) in [6.45, 7) is 2.44. The Bertz CT molecular complexity index is 1300. The van der Waals surface area contributed by atoms with Crippen LogP contribution in [0, 0.1) is 5.82 Å². The standard InChI is InChI=1S/C31H31F4N3O2/c32-27-13-12-23(20-26(27)31(33,34)35)21-36-16-18-37(19-17-36)28(39)22-38-15-7-14-30(29(38)40,24-8-3-1-4-9-24)25-10-5-2-6-11-25/h1-6,8-13,20H,7,14-19,21-22H2. The molecule has 5 rings (SSSR count). The summed E-state index contributed by atoms with van der Waals surface area (Å²) in [5.74, 6) is -1.52. The van der Waals surface area contributed by atoms with Crippen LogP contribution in [0.1, 0.15) is 35.1 Å². The number of benzene rings is 3. The highest BCUT2D eigenvalue weighted by molar-refractivity contribution is 5.95. The molecule has 0 bridgehead atoms. The molecule has 3 aromatic carbocycles. The van der Waals surface area contributed by atoms with E-state index in [2.05, 4.69) is 0 Å². The van der Waals surface area contributed by atoms with Crippen molar-refractivity contribution in [3.05, 3.63) is 107 Å². The Balaban J connectivity index is 1.24. The van der Waals surface area contributed by atoms with Crippen LogP contribution in [0.2, 0.25) is 0 Å². The summed E-state index contributed by atoms with van der Waals surface area (Å²) in [6.07, 6.45) is -3.34. The molecule has 5 nitrogen and oxygen atoms in total. The summed E-state index contributed by atoms with van der Waals surface area (Å²) in [7, 11) is 0. The Labute approximate surface area is 231 Å². The smallest absolute Gasteiger partial charge is 0.339 e. The lowest BCUT2D eigenvalue weighted by Crippen LogP contribution is -2.56. The normalized spacial score (nSPS) is 18.1. The molecule has 0 spiro atoms. The largest absolute Gasteiger partial charge is 0.419 e. The number of alkyl halides is 3. The van der Waals surface area contributed by atoms with Crippen LogP contribution in [-0.4, -0.2) is 65.8 Å². The van der Waals surface area contributed by atoms with Gasteiger partial charge in [-0.3, -0.25) is 14.5 Å². The number of nitrogens with zero attached hydrogens (tertiary/aromatic N) is 3. The van der Waals surface area contributed by atoms with Crippen LogP contribution < -0.4 is 0 Å². The molecule has 2 aliphatic heterocycles. The second-order valence-electron chi connectivity index (χ2n) is 10.4. The first-order valence-corrected chi connectivity index (χ1v) is 13.4. The number of piperidine rings is 1. The molecule has 0 radical (unpaired) electrons. The second-order valence-corrected chi connectivity index (χ2v) is 10.4. The zero-order chi connectivity index (χ0) is 28.3. The first-order chi connectivity index (χ1) is 19.2. The molecule has 2 amide bonds. The van der Waals surface area contributed by atoms with Crippen molar-refractivity contribution in [2.24, 2.45) is 0 Å². The Morgan fingerprint density at radius 1 is 0.825 bits per heavy atom. The third-order valence-electron chi connectivity index (χ3n) is 7.96. The number of likely N-dealkylation sites (tertiary alicyclic amines) is 1. The summed E-state index contributed by atoms with van der Waals surface area (Å²) in [4.78, 5) is 32.7. The molecule has 0 N–H and O–H groups in total. The van der Waals surface area contributed by atoms with Crippen LogP contribution in [0.3, 0.4) is 0 Å². The first kappa shape index (κ1) is 27.8. The van der Waals surface area contributed by atoms with Gasteiger partial charge in [-0.15, -0.1) is 0 Å². The van der Waals surface area contributed by atoms with E-state index < -0.39 is 23.0 Å². The molecule has 3 aromatic rings. The predicted molar refractivity (Wildman–Crippen MR) is 143 cm³/mol. The number of amides is 2. The fourth-order valence-electron chi connectivity index (χ4n) is 5.88. The molecule has 9 heteroatoms. The average Bonchev–Trinajstić information content (AvgIpc) is 2.96.